The molecule has 1 aliphatic carbocycles. The van der Waals surface area contributed by atoms with Gasteiger partial charge >= 0.3 is 0 Å². The van der Waals surface area contributed by atoms with Crippen LogP contribution >= 0.6 is 0 Å². The fraction of sp³-hybridized carbons (Fsp3) is 0.500. The molecule has 1 saturated carbocycles. The molecule has 2 aromatic rings. The van der Waals surface area contributed by atoms with Gasteiger partial charge in [0, 0.05) is 43.1 Å². The normalized spacial score (nSPS) is 18.3. The third kappa shape index (κ3) is 2.71. The second kappa shape index (κ2) is 6.36. The van der Waals surface area contributed by atoms with Crippen LogP contribution < -0.4 is 5.32 Å². The minimum atomic E-state index is -0.344. The second-order valence-corrected chi connectivity index (χ2v) is 6.76. The summed E-state index contributed by atoms with van der Waals surface area (Å²) in [5, 5.41) is 19.5. The fourth-order valence-electron chi connectivity index (χ4n) is 4.03. The summed E-state index contributed by atoms with van der Waals surface area (Å²) in [7, 11) is 0. The summed E-state index contributed by atoms with van der Waals surface area (Å²) in [5.41, 5.74) is 4.66. The topological polar surface area (TPSA) is 73.0 Å². The van der Waals surface area contributed by atoms with E-state index in [4.69, 9.17) is 5.10 Å². The molecule has 1 aromatic heterocycles. The zero-order valence-corrected chi connectivity index (χ0v) is 13.7. The van der Waals surface area contributed by atoms with Gasteiger partial charge in [0.25, 0.3) is 5.69 Å². The molecule has 1 aliphatic heterocycles. The molecule has 4 rings (SSSR count). The highest BCUT2D eigenvalue weighted by atomic mass is 16.6. The van der Waals surface area contributed by atoms with E-state index in [9.17, 15) is 10.1 Å². The molecule has 1 N–H and O–H groups in total. The first-order chi connectivity index (χ1) is 11.7. The lowest BCUT2D eigenvalue weighted by molar-refractivity contribution is -0.384. The number of aromatic nitrogens is 2. The molecule has 6 nitrogen and oxygen atoms in total. The summed E-state index contributed by atoms with van der Waals surface area (Å²) in [6, 6.07) is 6.80. The van der Waals surface area contributed by atoms with Crippen LogP contribution in [0.25, 0.3) is 5.69 Å². The first-order valence-electron chi connectivity index (χ1n) is 8.80. The van der Waals surface area contributed by atoms with Crippen LogP contribution in [0.4, 0.5) is 5.69 Å². The summed E-state index contributed by atoms with van der Waals surface area (Å²) in [5.74, 6) is 0.535. The van der Waals surface area contributed by atoms with Gasteiger partial charge < -0.3 is 5.32 Å². The molecular weight excluding hydrogens is 304 g/mol. The van der Waals surface area contributed by atoms with Crippen molar-refractivity contribution in [2.75, 3.05) is 6.54 Å². The van der Waals surface area contributed by atoms with E-state index in [1.807, 2.05) is 10.7 Å². The molecule has 1 fully saturated rings. The van der Waals surface area contributed by atoms with Crippen molar-refractivity contribution in [1.29, 1.82) is 0 Å². The van der Waals surface area contributed by atoms with Gasteiger partial charge in [0.15, 0.2) is 0 Å². The summed E-state index contributed by atoms with van der Waals surface area (Å²) in [4.78, 5) is 10.7. The quantitative estimate of drug-likeness (QED) is 0.692. The standard InChI is InChI=1S/C18H22N4O2/c23-22(24)15-8-4-7-14(11-15)21-17-9-10-19-12-16(17)18(20-21)13-5-2-1-3-6-13/h4,7-8,11,13,19H,1-3,5-6,9-10,12H2. The fourth-order valence-corrected chi connectivity index (χ4v) is 4.03. The molecule has 126 valence electrons. The number of nitrogens with one attached hydrogen (secondary N) is 1. The van der Waals surface area contributed by atoms with Crippen molar-refractivity contribution in [2.45, 2.75) is 51.0 Å². The molecule has 2 heterocycles. The zero-order valence-electron chi connectivity index (χ0n) is 13.7. The highest BCUT2D eigenvalue weighted by Gasteiger charge is 2.27. The molecule has 0 radical (unpaired) electrons. The van der Waals surface area contributed by atoms with Crippen molar-refractivity contribution in [3.05, 3.63) is 51.3 Å². The Morgan fingerprint density at radius 3 is 2.88 bits per heavy atom. The Balaban J connectivity index is 1.79. The third-order valence-electron chi connectivity index (χ3n) is 5.24. The van der Waals surface area contributed by atoms with Crippen molar-refractivity contribution in [3.63, 3.8) is 0 Å². The lowest BCUT2D eigenvalue weighted by Gasteiger charge is -2.22. The summed E-state index contributed by atoms with van der Waals surface area (Å²) < 4.78 is 1.95. The van der Waals surface area contributed by atoms with E-state index < -0.39 is 0 Å². The number of fused-ring (bicyclic) bond motifs is 1. The van der Waals surface area contributed by atoms with Crippen molar-refractivity contribution < 1.29 is 4.92 Å². The van der Waals surface area contributed by atoms with Gasteiger partial charge in [-0.3, -0.25) is 10.1 Å². The van der Waals surface area contributed by atoms with E-state index in [0.717, 1.165) is 25.2 Å². The van der Waals surface area contributed by atoms with Crippen molar-refractivity contribution in [1.82, 2.24) is 15.1 Å². The largest absolute Gasteiger partial charge is 0.312 e. The number of benzene rings is 1. The van der Waals surface area contributed by atoms with Crippen LogP contribution in [0.2, 0.25) is 0 Å². The lowest BCUT2D eigenvalue weighted by atomic mass is 9.84. The van der Waals surface area contributed by atoms with Gasteiger partial charge in [0.2, 0.25) is 0 Å². The Kier molecular flexibility index (Phi) is 4.06. The Morgan fingerprint density at radius 1 is 1.25 bits per heavy atom. The van der Waals surface area contributed by atoms with Gasteiger partial charge in [-0.2, -0.15) is 5.10 Å². The minimum Gasteiger partial charge on any atom is -0.312 e. The second-order valence-electron chi connectivity index (χ2n) is 6.76. The molecular formula is C18H22N4O2. The Hall–Kier alpha value is -2.21. The van der Waals surface area contributed by atoms with Crippen LogP contribution in [0.5, 0.6) is 0 Å². The average Bonchev–Trinajstić information content (AvgIpc) is 3.02. The Morgan fingerprint density at radius 2 is 2.08 bits per heavy atom. The maximum absolute atomic E-state index is 11.1. The summed E-state index contributed by atoms with van der Waals surface area (Å²) >= 11 is 0. The molecule has 0 spiro atoms. The van der Waals surface area contributed by atoms with Crippen molar-refractivity contribution >= 4 is 5.69 Å². The zero-order chi connectivity index (χ0) is 16.5. The first-order valence-corrected chi connectivity index (χ1v) is 8.80. The van der Waals surface area contributed by atoms with Gasteiger partial charge in [-0.15, -0.1) is 0 Å². The van der Waals surface area contributed by atoms with Gasteiger partial charge in [-0.05, 0) is 18.9 Å². The van der Waals surface area contributed by atoms with E-state index in [1.54, 1.807) is 12.1 Å². The predicted molar refractivity (Wildman–Crippen MR) is 91.5 cm³/mol. The molecule has 0 atom stereocenters. The minimum absolute atomic E-state index is 0.116. The number of non-ortho nitro benzene ring substituents is 1. The molecule has 0 unspecified atom stereocenters. The van der Waals surface area contributed by atoms with Crippen molar-refractivity contribution in [2.24, 2.45) is 0 Å². The number of nitro groups is 1. The summed E-state index contributed by atoms with van der Waals surface area (Å²) in [6.07, 6.45) is 7.20. The highest BCUT2D eigenvalue weighted by Crippen LogP contribution is 2.36. The van der Waals surface area contributed by atoms with E-state index in [0.29, 0.717) is 5.92 Å². The molecule has 24 heavy (non-hydrogen) atoms. The van der Waals surface area contributed by atoms with Gasteiger partial charge in [0.1, 0.15) is 0 Å². The predicted octanol–water partition coefficient (Wildman–Crippen LogP) is 3.47. The van der Waals surface area contributed by atoms with Gasteiger partial charge in [-0.25, -0.2) is 4.68 Å². The third-order valence-corrected chi connectivity index (χ3v) is 5.24. The number of hydrogen-bond donors (Lipinski definition) is 1. The van der Waals surface area contributed by atoms with E-state index >= 15 is 0 Å². The first kappa shape index (κ1) is 15.3. The number of nitro benzene ring substituents is 1. The number of hydrogen-bond acceptors (Lipinski definition) is 4. The smallest absolute Gasteiger partial charge is 0.271 e. The van der Waals surface area contributed by atoms with Crippen molar-refractivity contribution in [3.8, 4) is 5.69 Å². The van der Waals surface area contributed by atoms with Crippen LogP contribution in [0.15, 0.2) is 24.3 Å². The maximum atomic E-state index is 11.1. The summed E-state index contributed by atoms with van der Waals surface area (Å²) in [6.45, 7) is 1.79. The van der Waals surface area contributed by atoms with E-state index in [1.165, 1.54) is 55.1 Å². The van der Waals surface area contributed by atoms with Crippen LogP contribution in [-0.4, -0.2) is 21.2 Å². The molecule has 6 heteroatoms. The van der Waals surface area contributed by atoms with Crippen LogP contribution in [0, 0.1) is 10.1 Å². The van der Waals surface area contributed by atoms with E-state index in [2.05, 4.69) is 5.32 Å². The monoisotopic (exact) mass is 326 g/mol. The van der Waals surface area contributed by atoms with E-state index in [-0.39, 0.29) is 10.6 Å². The average molecular weight is 326 g/mol. The number of rotatable bonds is 3. The number of nitrogens with zero attached hydrogens (tertiary/aromatic N) is 3. The van der Waals surface area contributed by atoms with Gasteiger partial charge in [0.05, 0.1) is 22.0 Å². The van der Waals surface area contributed by atoms with Crippen LogP contribution in [0.1, 0.15) is 55.0 Å². The molecule has 0 amide bonds. The molecule has 0 saturated heterocycles. The molecule has 2 aliphatic rings. The Labute approximate surface area is 141 Å². The molecule has 1 aromatic carbocycles. The van der Waals surface area contributed by atoms with Crippen LogP contribution in [0.3, 0.4) is 0 Å². The lowest BCUT2D eigenvalue weighted by Crippen LogP contribution is -2.25. The molecule has 0 bridgehead atoms. The Bertz CT molecular complexity index is 762. The van der Waals surface area contributed by atoms with Crippen LogP contribution in [-0.2, 0) is 13.0 Å². The van der Waals surface area contributed by atoms with Gasteiger partial charge in [-0.1, -0.05) is 25.3 Å². The maximum Gasteiger partial charge on any atom is 0.271 e. The SMILES string of the molecule is O=[N+]([O-])c1cccc(-n2nc(C3CCCCC3)c3c2CCNC3)c1. The highest BCUT2D eigenvalue weighted by molar-refractivity contribution is 5.46.